The fourth-order valence-corrected chi connectivity index (χ4v) is 3.53. The van der Waals surface area contributed by atoms with Gasteiger partial charge in [-0.1, -0.05) is 37.6 Å². The molecule has 0 atom stereocenters. The van der Waals surface area contributed by atoms with Gasteiger partial charge < -0.3 is 9.32 Å². The molecule has 0 unspecified atom stereocenters. The van der Waals surface area contributed by atoms with Crippen LogP contribution in [0.1, 0.15) is 31.4 Å². The van der Waals surface area contributed by atoms with Crippen molar-refractivity contribution < 1.29 is 4.42 Å². The molecular weight excluding hydrogens is 374 g/mol. The highest BCUT2D eigenvalue weighted by Gasteiger charge is 2.21. The van der Waals surface area contributed by atoms with E-state index in [2.05, 4.69) is 33.6 Å². The number of hydrogen-bond donors (Lipinski definition) is 0. The van der Waals surface area contributed by atoms with Crippen LogP contribution in [0.3, 0.4) is 0 Å². The predicted octanol–water partition coefficient (Wildman–Crippen LogP) is 4.23. The van der Waals surface area contributed by atoms with Crippen LogP contribution in [0.2, 0.25) is 5.02 Å². The first-order valence-electron chi connectivity index (χ1n) is 9.60. The third kappa shape index (κ3) is 4.18. The van der Waals surface area contributed by atoms with E-state index < -0.39 is 0 Å². The molecule has 3 heterocycles. The minimum atomic E-state index is 0.403. The van der Waals surface area contributed by atoms with E-state index in [4.69, 9.17) is 21.0 Å². The van der Waals surface area contributed by atoms with Crippen LogP contribution in [-0.2, 0) is 6.54 Å². The summed E-state index contributed by atoms with van der Waals surface area (Å²) in [7, 11) is 0. The van der Waals surface area contributed by atoms with Crippen LogP contribution >= 0.6 is 11.6 Å². The lowest BCUT2D eigenvalue weighted by molar-refractivity contribution is 0.226. The zero-order valence-electron chi connectivity index (χ0n) is 16.2. The number of rotatable bonds is 5. The number of benzene rings is 1. The molecule has 28 heavy (non-hydrogen) atoms. The summed E-state index contributed by atoms with van der Waals surface area (Å²) < 4.78 is 5.93. The summed E-state index contributed by atoms with van der Waals surface area (Å²) in [5, 5.41) is 0.669. The molecule has 0 bridgehead atoms. The molecule has 0 N–H and O–H groups in total. The lowest BCUT2D eigenvalue weighted by atomic mass is 10.1. The van der Waals surface area contributed by atoms with E-state index in [9.17, 15) is 0 Å². The summed E-state index contributed by atoms with van der Waals surface area (Å²) in [6, 6.07) is 9.64. The van der Waals surface area contributed by atoms with Gasteiger partial charge in [0.2, 0.25) is 11.8 Å². The maximum atomic E-state index is 6.25. The van der Waals surface area contributed by atoms with E-state index in [1.54, 1.807) is 6.20 Å². The van der Waals surface area contributed by atoms with Crippen molar-refractivity contribution >= 4 is 17.5 Å². The second kappa shape index (κ2) is 8.29. The molecule has 6 nitrogen and oxygen atoms in total. The third-order valence-electron chi connectivity index (χ3n) is 4.96. The summed E-state index contributed by atoms with van der Waals surface area (Å²) in [5.74, 6) is 2.64. The van der Waals surface area contributed by atoms with E-state index in [0.29, 0.717) is 29.1 Å². The summed E-state index contributed by atoms with van der Waals surface area (Å²) in [4.78, 5) is 18.2. The van der Waals surface area contributed by atoms with Gasteiger partial charge in [-0.25, -0.2) is 15.0 Å². The molecule has 1 saturated heterocycles. The quantitative estimate of drug-likeness (QED) is 0.642. The predicted molar refractivity (Wildman–Crippen MR) is 111 cm³/mol. The molecule has 1 fully saturated rings. The van der Waals surface area contributed by atoms with E-state index in [1.807, 2.05) is 36.5 Å². The van der Waals surface area contributed by atoms with E-state index in [0.717, 1.165) is 43.4 Å². The molecule has 1 aromatic carbocycles. The largest absolute Gasteiger partial charge is 0.439 e. The van der Waals surface area contributed by atoms with Gasteiger partial charge in [0, 0.05) is 43.6 Å². The van der Waals surface area contributed by atoms with Crippen molar-refractivity contribution in [1.29, 1.82) is 0 Å². The summed E-state index contributed by atoms with van der Waals surface area (Å²) in [5.41, 5.74) is 1.95. The lowest BCUT2D eigenvalue weighted by Crippen LogP contribution is -2.46. The normalized spacial score (nSPS) is 15.4. The van der Waals surface area contributed by atoms with Crippen molar-refractivity contribution in [2.75, 3.05) is 31.1 Å². The monoisotopic (exact) mass is 397 g/mol. The van der Waals surface area contributed by atoms with Crippen LogP contribution in [0.5, 0.6) is 0 Å². The second-order valence-corrected chi connectivity index (χ2v) is 7.70. The Morgan fingerprint density at radius 2 is 1.86 bits per heavy atom. The fourth-order valence-electron chi connectivity index (χ4n) is 3.30. The van der Waals surface area contributed by atoms with Gasteiger partial charge in [0.25, 0.3) is 0 Å². The smallest absolute Gasteiger partial charge is 0.225 e. The highest BCUT2D eigenvalue weighted by atomic mass is 35.5. The fraction of sp³-hybridized carbons (Fsp3) is 0.381. The minimum Gasteiger partial charge on any atom is -0.439 e. The van der Waals surface area contributed by atoms with Gasteiger partial charge in [-0.05, 0) is 24.1 Å². The van der Waals surface area contributed by atoms with Crippen LogP contribution in [0, 0.1) is 0 Å². The first-order chi connectivity index (χ1) is 13.6. The number of nitrogens with zero attached hydrogens (tertiary/aromatic N) is 5. The Kier molecular flexibility index (Phi) is 5.59. The Morgan fingerprint density at radius 1 is 1.07 bits per heavy atom. The van der Waals surface area contributed by atoms with Gasteiger partial charge in [0.05, 0.1) is 17.8 Å². The number of aromatic nitrogens is 3. The number of oxazole rings is 1. The molecule has 0 amide bonds. The zero-order chi connectivity index (χ0) is 19.5. The topological polar surface area (TPSA) is 58.3 Å². The molecule has 3 aromatic rings. The molecule has 0 spiro atoms. The van der Waals surface area contributed by atoms with Crippen molar-refractivity contribution in [3.05, 3.63) is 59.3 Å². The molecule has 1 aliphatic heterocycles. The Bertz CT molecular complexity index is 934. The number of anilines is 1. The van der Waals surface area contributed by atoms with Gasteiger partial charge in [0.15, 0.2) is 5.76 Å². The van der Waals surface area contributed by atoms with Crippen molar-refractivity contribution in [3.63, 3.8) is 0 Å². The molecule has 4 rings (SSSR count). The van der Waals surface area contributed by atoms with Crippen LogP contribution in [0.4, 0.5) is 5.95 Å². The maximum Gasteiger partial charge on any atom is 0.225 e. The molecule has 7 heteroatoms. The lowest BCUT2D eigenvalue weighted by Gasteiger charge is -2.34. The number of hydrogen-bond acceptors (Lipinski definition) is 6. The van der Waals surface area contributed by atoms with Gasteiger partial charge in [-0.2, -0.15) is 0 Å². The number of halogens is 1. The van der Waals surface area contributed by atoms with Gasteiger partial charge in [-0.3, -0.25) is 4.90 Å². The van der Waals surface area contributed by atoms with Crippen molar-refractivity contribution in [2.24, 2.45) is 0 Å². The van der Waals surface area contributed by atoms with Crippen LogP contribution in [0.15, 0.2) is 47.1 Å². The minimum absolute atomic E-state index is 0.403. The average molecular weight is 398 g/mol. The molecule has 2 aromatic heterocycles. The van der Waals surface area contributed by atoms with Crippen LogP contribution in [-0.4, -0.2) is 46.0 Å². The van der Waals surface area contributed by atoms with E-state index in [1.165, 1.54) is 0 Å². The summed E-state index contributed by atoms with van der Waals surface area (Å²) in [6.07, 6.45) is 3.60. The first kappa shape index (κ1) is 18.9. The molecular formula is C21H24ClN5O. The van der Waals surface area contributed by atoms with Gasteiger partial charge in [0.1, 0.15) is 0 Å². The number of piperazine rings is 1. The molecule has 146 valence electrons. The van der Waals surface area contributed by atoms with Crippen molar-refractivity contribution in [3.8, 4) is 11.3 Å². The van der Waals surface area contributed by atoms with Crippen molar-refractivity contribution in [2.45, 2.75) is 26.3 Å². The summed E-state index contributed by atoms with van der Waals surface area (Å²) in [6.45, 7) is 8.59. The Balaban J connectivity index is 1.36. The van der Waals surface area contributed by atoms with Gasteiger partial charge in [-0.15, -0.1) is 0 Å². The molecule has 1 aliphatic rings. The Labute approximate surface area is 170 Å². The van der Waals surface area contributed by atoms with Gasteiger partial charge >= 0.3 is 0 Å². The highest BCUT2D eigenvalue weighted by molar-refractivity contribution is 6.33. The first-order valence-corrected chi connectivity index (χ1v) is 9.98. The molecule has 0 aliphatic carbocycles. The average Bonchev–Trinajstić information content (AvgIpc) is 3.17. The second-order valence-electron chi connectivity index (χ2n) is 7.30. The molecule has 0 radical (unpaired) electrons. The maximum absolute atomic E-state index is 6.25. The van der Waals surface area contributed by atoms with Crippen LogP contribution in [0.25, 0.3) is 11.3 Å². The van der Waals surface area contributed by atoms with Crippen molar-refractivity contribution in [1.82, 2.24) is 19.9 Å². The standard InChI is InChI=1S/C21H24ClN5O/c1-15(2)18-7-8-23-21(25-18)27-11-9-26(10-12-27)14-20-24-13-19(28-20)16-5-3-4-6-17(16)22/h3-8,13,15H,9-12,14H2,1-2H3. The third-order valence-corrected chi connectivity index (χ3v) is 5.29. The Hall–Kier alpha value is -2.44. The van der Waals surface area contributed by atoms with E-state index >= 15 is 0 Å². The molecule has 0 saturated carbocycles. The SMILES string of the molecule is CC(C)c1ccnc(N2CCN(Cc3ncc(-c4ccccc4Cl)o3)CC2)n1. The summed E-state index contributed by atoms with van der Waals surface area (Å²) >= 11 is 6.25. The van der Waals surface area contributed by atoms with Crippen LogP contribution < -0.4 is 4.90 Å². The zero-order valence-corrected chi connectivity index (χ0v) is 16.9. The van der Waals surface area contributed by atoms with E-state index in [-0.39, 0.29) is 0 Å². The Morgan fingerprint density at radius 3 is 2.61 bits per heavy atom. The highest BCUT2D eigenvalue weighted by Crippen LogP contribution is 2.28.